The van der Waals surface area contributed by atoms with Gasteiger partial charge in [-0.15, -0.1) is 0 Å². The fourth-order valence-corrected chi connectivity index (χ4v) is 3.07. The van der Waals surface area contributed by atoms with Gasteiger partial charge in [0.2, 0.25) is 0 Å². The van der Waals surface area contributed by atoms with Crippen LogP contribution in [0.5, 0.6) is 11.5 Å². The quantitative estimate of drug-likeness (QED) is 0.562. The van der Waals surface area contributed by atoms with Crippen molar-refractivity contribution >= 4 is 11.9 Å². The zero-order valence-electron chi connectivity index (χ0n) is 16.9. The minimum Gasteiger partial charge on any atom is -0.493 e. The van der Waals surface area contributed by atoms with Gasteiger partial charge in [-0.1, -0.05) is 13.0 Å². The zero-order valence-corrected chi connectivity index (χ0v) is 16.9. The van der Waals surface area contributed by atoms with E-state index in [0.717, 1.165) is 30.5 Å². The predicted molar refractivity (Wildman–Crippen MR) is 107 cm³/mol. The summed E-state index contributed by atoms with van der Waals surface area (Å²) in [6, 6.07) is 5.72. The summed E-state index contributed by atoms with van der Waals surface area (Å²) in [5.41, 5.74) is 1.06. The van der Waals surface area contributed by atoms with Gasteiger partial charge in [0, 0.05) is 33.2 Å². The van der Waals surface area contributed by atoms with E-state index in [1.54, 1.807) is 7.11 Å². The Morgan fingerprint density at radius 2 is 2.00 bits per heavy atom. The van der Waals surface area contributed by atoms with Gasteiger partial charge in [0.05, 0.1) is 7.11 Å². The molecule has 7 heteroatoms. The summed E-state index contributed by atoms with van der Waals surface area (Å²) in [5.74, 6) is 2.74. The van der Waals surface area contributed by atoms with E-state index in [1.165, 1.54) is 12.8 Å². The van der Waals surface area contributed by atoms with Crippen LogP contribution in [0.25, 0.3) is 0 Å². The Hall–Kier alpha value is -2.44. The molecule has 1 fully saturated rings. The molecule has 0 aromatic heterocycles. The van der Waals surface area contributed by atoms with Gasteiger partial charge in [-0.05, 0) is 43.4 Å². The Kier molecular flexibility index (Phi) is 8.23. The number of guanidine groups is 1. The Labute approximate surface area is 162 Å². The van der Waals surface area contributed by atoms with Gasteiger partial charge in [-0.2, -0.15) is 0 Å². The summed E-state index contributed by atoms with van der Waals surface area (Å²) in [7, 11) is 3.42. The molecule has 0 aliphatic carbocycles. The maximum Gasteiger partial charge on any atom is 0.257 e. The largest absolute Gasteiger partial charge is 0.493 e. The lowest BCUT2D eigenvalue weighted by Gasteiger charge is -2.33. The molecule has 1 aromatic carbocycles. The third kappa shape index (κ3) is 6.34. The lowest BCUT2D eigenvalue weighted by Crippen LogP contribution is -2.45. The van der Waals surface area contributed by atoms with Gasteiger partial charge in [-0.25, -0.2) is 0 Å². The average Bonchev–Trinajstić information content (AvgIpc) is 2.68. The fourth-order valence-electron chi connectivity index (χ4n) is 3.07. The maximum atomic E-state index is 11.6. The van der Waals surface area contributed by atoms with E-state index in [0.29, 0.717) is 24.6 Å². The molecule has 1 aliphatic heterocycles. The SMILES string of the molecule is CCNC(=O)COc1ccc(CNC(=NC)N2CCC(C)CC2)cc1OC. The molecule has 150 valence electrons. The van der Waals surface area contributed by atoms with E-state index < -0.39 is 0 Å². The molecular formula is C20H32N4O3. The number of nitrogens with one attached hydrogen (secondary N) is 2. The van der Waals surface area contributed by atoms with Gasteiger partial charge in [0.25, 0.3) is 5.91 Å². The normalized spacial score (nSPS) is 15.4. The van der Waals surface area contributed by atoms with Crippen LogP contribution in [0.15, 0.2) is 23.2 Å². The molecule has 0 spiro atoms. The van der Waals surface area contributed by atoms with Crippen LogP contribution in [0.2, 0.25) is 0 Å². The van der Waals surface area contributed by atoms with Crippen LogP contribution >= 0.6 is 0 Å². The molecule has 27 heavy (non-hydrogen) atoms. The second kappa shape index (κ2) is 10.6. The molecule has 2 N–H and O–H groups in total. The Bertz CT molecular complexity index is 640. The van der Waals surface area contributed by atoms with Crippen molar-refractivity contribution in [1.29, 1.82) is 0 Å². The van der Waals surface area contributed by atoms with E-state index in [1.807, 2.05) is 32.2 Å². The Balaban J connectivity index is 1.93. The van der Waals surface area contributed by atoms with Crippen LogP contribution in [0.1, 0.15) is 32.3 Å². The molecule has 0 atom stereocenters. The number of carbonyl (C=O) groups is 1. The van der Waals surface area contributed by atoms with Gasteiger partial charge in [0.1, 0.15) is 0 Å². The van der Waals surface area contributed by atoms with Crippen LogP contribution < -0.4 is 20.1 Å². The highest BCUT2D eigenvalue weighted by atomic mass is 16.5. The highest BCUT2D eigenvalue weighted by molar-refractivity contribution is 5.80. The number of carbonyl (C=O) groups excluding carboxylic acids is 1. The first-order valence-electron chi connectivity index (χ1n) is 9.59. The van der Waals surface area contributed by atoms with Gasteiger partial charge in [0.15, 0.2) is 24.1 Å². The van der Waals surface area contributed by atoms with Crippen molar-refractivity contribution in [2.24, 2.45) is 10.9 Å². The minimum absolute atomic E-state index is 0.0260. The first kappa shape index (κ1) is 20.9. The van der Waals surface area contributed by atoms with Crippen LogP contribution in [0.4, 0.5) is 0 Å². The third-order valence-corrected chi connectivity index (χ3v) is 4.71. The summed E-state index contributed by atoms with van der Waals surface area (Å²) in [6.07, 6.45) is 2.40. The molecule has 7 nitrogen and oxygen atoms in total. The number of nitrogens with zero attached hydrogens (tertiary/aromatic N) is 2. The molecular weight excluding hydrogens is 344 g/mol. The summed E-state index contributed by atoms with van der Waals surface area (Å²) >= 11 is 0. The predicted octanol–water partition coefficient (Wildman–Crippen LogP) is 2.02. The Morgan fingerprint density at radius 3 is 2.63 bits per heavy atom. The van der Waals surface area contributed by atoms with Gasteiger partial charge in [-0.3, -0.25) is 9.79 Å². The van der Waals surface area contributed by atoms with Crippen LogP contribution in [-0.4, -0.2) is 57.2 Å². The lowest BCUT2D eigenvalue weighted by atomic mass is 9.99. The smallest absolute Gasteiger partial charge is 0.257 e. The van der Waals surface area contributed by atoms with Crippen molar-refractivity contribution in [2.45, 2.75) is 33.2 Å². The van der Waals surface area contributed by atoms with E-state index in [9.17, 15) is 4.79 Å². The molecule has 1 amide bonds. The van der Waals surface area contributed by atoms with E-state index in [-0.39, 0.29) is 12.5 Å². The molecule has 0 radical (unpaired) electrons. The zero-order chi connectivity index (χ0) is 19.6. The number of aliphatic imine (C=N–C) groups is 1. The second-order valence-corrected chi connectivity index (χ2v) is 6.80. The highest BCUT2D eigenvalue weighted by Crippen LogP contribution is 2.28. The molecule has 1 heterocycles. The number of methoxy groups -OCH3 is 1. The van der Waals surface area contributed by atoms with Crippen molar-refractivity contribution in [1.82, 2.24) is 15.5 Å². The number of hydrogen-bond donors (Lipinski definition) is 2. The summed E-state index contributed by atoms with van der Waals surface area (Å²) in [4.78, 5) is 18.3. The van der Waals surface area contributed by atoms with Crippen LogP contribution in [-0.2, 0) is 11.3 Å². The van der Waals surface area contributed by atoms with Crippen molar-refractivity contribution in [3.63, 3.8) is 0 Å². The minimum atomic E-state index is -0.148. The molecule has 1 aliphatic rings. The number of rotatable bonds is 7. The number of likely N-dealkylation sites (tertiary alicyclic amines) is 1. The van der Waals surface area contributed by atoms with Gasteiger partial charge < -0.3 is 25.0 Å². The molecule has 1 aromatic rings. The maximum absolute atomic E-state index is 11.6. The van der Waals surface area contributed by atoms with Crippen molar-refractivity contribution in [3.8, 4) is 11.5 Å². The first-order valence-corrected chi connectivity index (χ1v) is 9.59. The number of amides is 1. The van der Waals surface area contributed by atoms with Crippen LogP contribution in [0.3, 0.4) is 0 Å². The standard InChI is InChI=1S/C20H32N4O3/c1-5-22-19(25)14-27-17-7-6-16(12-18(17)26-4)13-23-20(21-3)24-10-8-15(2)9-11-24/h6-7,12,15H,5,8-11,13-14H2,1-4H3,(H,21,23)(H,22,25). The average molecular weight is 377 g/mol. The highest BCUT2D eigenvalue weighted by Gasteiger charge is 2.18. The second-order valence-electron chi connectivity index (χ2n) is 6.80. The number of benzene rings is 1. The van der Waals surface area contributed by atoms with Crippen molar-refractivity contribution in [3.05, 3.63) is 23.8 Å². The van der Waals surface area contributed by atoms with Gasteiger partial charge >= 0.3 is 0 Å². The van der Waals surface area contributed by atoms with Crippen LogP contribution in [0, 0.1) is 5.92 Å². The number of ether oxygens (including phenoxy) is 2. The molecule has 2 rings (SSSR count). The van der Waals surface area contributed by atoms with E-state index in [4.69, 9.17) is 9.47 Å². The molecule has 0 saturated carbocycles. The molecule has 0 unspecified atom stereocenters. The molecule has 0 bridgehead atoms. The van der Waals surface area contributed by atoms with E-state index in [2.05, 4.69) is 27.4 Å². The van der Waals surface area contributed by atoms with E-state index >= 15 is 0 Å². The first-order chi connectivity index (χ1) is 13.1. The molecule has 1 saturated heterocycles. The van der Waals surface area contributed by atoms with Crippen molar-refractivity contribution < 1.29 is 14.3 Å². The summed E-state index contributed by atoms with van der Waals surface area (Å²) in [6.45, 7) is 7.45. The number of hydrogen-bond acceptors (Lipinski definition) is 4. The van der Waals surface area contributed by atoms with Crippen molar-refractivity contribution in [2.75, 3.05) is 40.4 Å². The summed E-state index contributed by atoms with van der Waals surface area (Å²) < 4.78 is 11.0. The fraction of sp³-hybridized carbons (Fsp3) is 0.600. The topological polar surface area (TPSA) is 75.2 Å². The number of likely N-dealkylation sites (N-methyl/N-ethyl adjacent to an activating group) is 1. The lowest BCUT2D eigenvalue weighted by molar-refractivity contribution is -0.123. The Morgan fingerprint density at radius 1 is 1.26 bits per heavy atom. The summed E-state index contributed by atoms with van der Waals surface area (Å²) in [5, 5.41) is 6.13. The third-order valence-electron chi connectivity index (χ3n) is 4.71. The number of piperidine rings is 1. The monoisotopic (exact) mass is 376 g/mol.